The number of nitrogens with zero attached hydrogens (tertiary/aromatic N) is 1. The molecule has 6 heteroatoms. The molecule has 108 valence electrons. The van der Waals surface area contributed by atoms with Gasteiger partial charge in [0.05, 0.1) is 15.7 Å². The predicted octanol–water partition coefficient (Wildman–Crippen LogP) is 4.25. The van der Waals surface area contributed by atoms with Crippen LogP contribution in [0.15, 0.2) is 57.8 Å². The van der Waals surface area contributed by atoms with E-state index >= 15 is 0 Å². The summed E-state index contributed by atoms with van der Waals surface area (Å²) in [7, 11) is -1.46. The smallest absolute Gasteiger partial charge is 0.258 e. The maximum Gasteiger partial charge on any atom is 0.269 e. The van der Waals surface area contributed by atoms with Gasteiger partial charge in [0, 0.05) is 17.0 Å². The van der Waals surface area contributed by atoms with E-state index < -0.39 is 15.7 Å². The van der Waals surface area contributed by atoms with Crippen LogP contribution in [-0.4, -0.2) is 9.13 Å². The van der Waals surface area contributed by atoms with Crippen LogP contribution in [0.2, 0.25) is 0 Å². The highest BCUT2D eigenvalue weighted by atomic mass is 35.5. The minimum atomic E-state index is -1.46. The van der Waals surface area contributed by atoms with Crippen molar-refractivity contribution < 1.29 is 9.13 Å². The summed E-state index contributed by atoms with van der Waals surface area (Å²) in [6.07, 6.45) is 1.54. The molecule has 0 fully saturated rings. The summed E-state index contributed by atoms with van der Waals surface area (Å²) in [6, 6.07) is 13.1. The molecule has 0 aliphatic rings. The maximum absolute atomic E-state index is 12.2. The third-order valence-corrected chi connectivity index (χ3v) is 4.50. The molecule has 4 nitrogen and oxygen atoms in total. The Hall–Kier alpha value is -1.98. The molecule has 2 aromatic rings. The van der Waals surface area contributed by atoms with E-state index in [0.717, 1.165) is 5.56 Å². The van der Waals surface area contributed by atoms with Crippen LogP contribution in [0.1, 0.15) is 11.1 Å². The largest absolute Gasteiger partial charge is 0.269 e. The van der Waals surface area contributed by atoms with E-state index in [-0.39, 0.29) is 10.1 Å². The van der Waals surface area contributed by atoms with Crippen LogP contribution in [0.25, 0.3) is 6.08 Å². The second-order valence-electron chi connectivity index (χ2n) is 4.38. The molecule has 2 aromatic carbocycles. The SMILES string of the molecule is Cc1ccc(S(=O)/C(Cl)=C/c2ccc([N+](=O)[O-])cc2)cc1. The second-order valence-corrected chi connectivity index (χ2v) is 6.46. The van der Waals surface area contributed by atoms with E-state index in [9.17, 15) is 14.3 Å². The summed E-state index contributed by atoms with van der Waals surface area (Å²) in [5.74, 6) is 0. The average Bonchev–Trinajstić information content (AvgIpc) is 2.47. The number of halogens is 1. The summed E-state index contributed by atoms with van der Waals surface area (Å²) in [6.45, 7) is 1.95. The van der Waals surface area contributed by atoms with Gasteiger partial charge in [-0.1, -0.05) is 29.3 Å². The van der Waals surface area contributed by atoms with Crippen LogP contribution in [0.4, 0.5) is 5.69 Å². The lowest BCUT2D eigenvalue weighted by Gasteiger charge is -2.02. The van der Waals surface area contributed by atoms with Crippen molar-refractivity contribution in [3.63, 3.8) is 0 Å². The number of hydrogen-bond donors (Lipinski definition) is 0. The molecule has 0 saturated carbocycles. The van der Waals surface area contributed by atoms with Crippen LogP contribution >= 0.6 is 11.6 Å². The number of aryl methyl sites for hydroxylation is 1. The molecule has 0 radical (unpaired) electrons. The number of nitro benzene ring substituents is 1. The first kappa shape index (κ1) is 15.4. The first-order valence-electron chi connectivity index (χ1n) is 6.07. The third-order valence-electron chi connectivity index (χ3n) is 2.80. The van der Waals surface area contributed by atoms with Gasteiger partial charge in [-0.2, -0.15) is 0 Å². The van der Waals surface area contributed by atoms with E-state index in [4.69, 9.17) is 11.6 Å². The molecule has 0 saturated heterocycles. The van der Waals surface area contributed by atoms with E-state index in [1.54, 1.807) is 30.3 Å². The minimum Gasteiger partial charge on any atom is -0.258 e. The molecule has 2 rings (SSSR count). The van der Waals surface area contributed by atoms with E-state index in [0.29, 0.717) is 10.5 Å². The zero-order valence-electron chi connectivity index (χ0n) is 11.2. The maximum atomic E-state index is 12.2. The molecule has 0 aromatic heterocycles. The second kappa shape index (κ2) is 6.65. The quantitative estimate of drug-likeness (QED) is 0.624. The number of benzene rings is 2. The Bertz CT molecular complexity index is 709. The van der Waals surface area contributed by atoms with Crippen LogP contribution in [0.5, 0.6) is 0 Å². The van der Waals surface area contributed by atoms with Gasteiger partial charge < -0.3 is 0 Å². The average molecular weight is 322 g/mol. The Kier molecular flexibility index (Phi) is 4.88. The van der Waals surface area contributed by atoms with Crippen molar-refractivity contribution in [2.75, 3.05) is 0 Å². The van der Waals surface area contributed by atoms with Gasteiger partial charge in [0.2, 0.25) is 0 Å². The minimum absolute atomic E-state index is 0.00271. The molecule has 0 amide bonds. The summed E-state index contributed by atoms with van der Waals surface area (Å²) < 4.78 is 12.4. The van der Waals surface area contributed by atoms with Crippen molar-refractivity contribution in [2.45, 2.75) is 11.8 Å². The lowest BCUT2D eigenvalue weighted by Crippen LogP contribution is -1.91. The van der Waals surface area contributed by atoms with Gasteiger partial charge in [-0.25, -0.2) is 4.21 Å². The van der Waals surface area contributed by atoms with Crippen molar-refractivity contribution >= 4 is 34.2 Å². The summed E-state index contributed by atoms with van der Waals surface area (Å²) in [5.41, 5.74) is 1.74. The Morgan fingerprint density at radius 3 is 2.24 bits per heavy atom. The Labute approximate surface area is 129 Å². The topological polar surface area (TPSA) is 60.2 Å². The summed E-state index contributed by atoms with van der Waals surface area (Å²) in [4.78, 5) is 10.7. The van der Waals surface area contributed by atoms with E-state index in [2.05, 4.69) is 0 Å². The molecular formula is C15H12ClNO3S. The van der Waals surface area contributed by atoms with E-state index in [1.807, 2.05) is 19.1 Å². The number of hydrogen-bond acceptors (Lipinski definition) is 3. The molecular weight excluding hydrogens is 310 g/mol. The monoisotopic (exact) mass is 321 g/mol. The fourth-order valence-corrected chi connectivity index (χ4v) is 2.90. The van der Waals surface area contributed by atoms with Crippen LogP contribution in [0.3, 0.4) is 0 Å². The first-order chi connectivity index (χ1) is 9.97. The number of rotatable bonds is 4. The molecule has 1 unspecified atom stereocenters. The van der Waals surface area contributed by atoms with Crippen molar-refractivity contribution in [3.8, 4) is 0 Å². The van der Waals surface area contributed by atoms with Crippen molar-refractivity contribution in [1.29, 1.82) is 0 Å². The van der Waals surface area contributed by atoms with Gasteiger partial charge in [-0.05, 0) is 42.8 Å². The van der Waals surface area contributed by atoms with Gasteiger partial charge in [0.1, 0.15) is 4.36 Å². The van der Waals surface area contributed by atoms with Crippen LogP contribution in [-0.2, 0) is 10.8 Å². The Balaban J connectivity index is 2.21. The zero-order valence-corrected chi connectivity index (χ0v) is 12.7. The predicted molar refractivity (Wildman–Crippen MR) is 84.5 cm³/mol. The van der Waals surface area contributed by atoms with Gasteiger partial charge in [-0.3, -0.25) is 10.1 Å². The van der Waals surface area contributed by atoms with Crippen LogP contribution < -0.4 is 0 Å². The molecule has 0 aliphatic heterocycles. The van der Waals surface area contributed by atoms with Gasteiger partial charge >= 0.3 is 0 Å². The highest BCUT2D eigenvalue weighted by molar-refractivity contribution is 7.91. The van der Waals surface area contributed by atoms with Crippen LogP contribution in [0, 0.1) is 17.0 Å². The normalized spacial score (nSPS) is 13.0. The highest BCUT2D eigenvalue weighted by Gasteiger charge is 2.09. The molecule has 0 heterocycles. The zero-order chi connectivity index (χ0) is 15.4. The Morgan fingerprint density at radius 1 is 1.14 bits per heavy atom. The lowest BCUT2D eigenvalue weighted by molar-refractivity contribution is -0.384. The molecule has 0 N–H and O–H groups in total. The lowest BCUT2D eigenvalue weighted by atomic mass is 10.2. The van der Waals surface area contributed by atoms with Gasteiger partial charge in [-0.15, -0.1) is 0 Å². The van der Waals surface area contributed by atoms with Crippen molar-refractivity contribution in [3.05, 3.63) is 74.1 Å². The summed E-state index contributed by atoms with van der Waals surface area (Å²) >= 11 is 6.07. The number of nitro groups is 1. The molecule has 0 aliphatic carbocycles. The molecule has 0 bridgehead atoms. The van der Waals surface area contributed by atoms with Gasteiger partial charge in [0.15, 0.2) is 0 Å². The Morgan fingerprint density at radius 2 is 1.71 bits per heavy atom. The third kappa shape index (κ3) is 4.00. The van der Waals surface area contributed by atoms with Gasteiger partial charge in [0.25, 0.3) is 5.69 Å². The standard InChI is InChI=1S/C15H12ClNO3S/c1-11-2-8-14(9-3-11)21(20)15(16)10-12-4-6-13(7-5-12)17(18)19/h2-10H,1H3/b15-10+. The van der Waals surface area contributed by atoms with Crippen molar-refractivity contribution in [1.82, 2.24) is 0 Å². The number of non-ortho nitro benzene ring substituents is 1. The van der Waals surface area contributed by atoms with E-state index in [1.165, 1.54) is 12.1 Å². The van der Waals surface area contributed by atoms with Crippen molar-refractivity contribution in [2.24, 2.45) is 0 Å². The first-order valence-corrected chi connectivity index (χ1v) is 7.60. The fourth-order valence-electron chi connectivity index (χ4n) is 1.65. The molecule has 21 heavy (non-hydrogen) atoms. The fraction of sp³-hybridized carbons (Fsp3) is 0.0667. The molecule has 0 spiro atoms. The summed E-state index contributed by atoms with van der Waals surface area (Å²) in [5, 5.41) is 10.6. The molecule has 1 atom stereocenters. The highest BCUT2D eigenvalue weighted by Crippen LogP contribution is 2.22.